The molecule has 0 aromatic heterocycles. The van der Waals surface area contributed by atoms with Crippen LogP contribution in [0.2, 0.25) is 0 Å². The first-order valence-corrected chi connectivity index (χ1v) is 4.71. The summed E-state index contributed by atoms with van der Waals surface area (Å²) in [5.41, 5.74) is 5.57. The predicted molar refractivity (Wildman–Crippen MR) is 49.8 cm³/mol. The van der Waals surface area contributed by atoms with Gasteiger partial charge in [-0.1, -0.05) is 20.8 Å². The summed E-state index contributed by atoms with van der Waals surface area (Å²) in [6.45, 7) is 5.96. The molecule has 0 radical (unpaired) electrons. The highest BCUT2D eigenvalue weighted by atomic mass is 16.1. The molecule has 0 bridgehead atoms. The maximum absolute atomic E-state index is 11.8. The summed E-state index contributed by atoms with van der Waals surface area (Å²) in [7, 11) is 0. The molecule has 2 unspecified atom stereocenters. The van der Waals surface area contributed by atoms with Gasteiger partial charge in [-0.05, 0) is 19.3 Å². The molecule has 2 nitrogen and oxygen atoms in total. The van der Waals surface area contributed by atoms with Crippen LogP contribution in [0.1, 0.15) is 40.0 Å². The lowest BCUT2D eigenvalue weighted by atomic mass is 9.82. The van der Waals surface area contributed by atoms with E-state index in [4.69, 9.17) is 5.73 Å². The highest BCUT2D eigenvalue weighted by Gasteiger charge is 2.33. The SMILES string of the molecule is CC(C)(C)C(=O)C1CCC(N)C1. The first-order valence-electron chi connectivity index (χ1n) is 4.71. The Morgan fingerprint density at radius 1 is 1.33 bits per heavy atom. The van der Waals surface area contributed by atoms with Crippen molar-refractivity contribution in [3.8, 4) is 0 Å². The maximum Gasteiger partial charge on any atom is 0.141 e. The van der Waals surface area contributed by atoms with Gasteiger partial charge in [-0.15, -0.1) is 0 Å². The normalized spacial score (nSPS) is 30.7. The van der Waals surface area contributed by atoms with Crippen molar-refractivity contribution >= 4 is 5.78 Å². The van der Waals surface area contributed by atoms with E-state index in [-0.39, 0.29) is 17.4 Å². The van der Waals surface area contributed by atoms with Crippen LogP contribution in [0.4, 0.5) is 0 Å². The molecule has 1 aliphatic carbocycles. The Morgan fingerprint density at radius 2 is 1.92 bits per heavy atom. The van der Waals surface area contributed by atoms with Crippen molar-refractivity contribution in [2.75, 3.05) is 0 Å². The molecule has 1 rings (SSSR count). The van der Waals surface area contributed by atoms with Crippen LogP contribution in [-0.2, 0) is 4.79 Å². The molecule has 2 N–H and O–H groups in total. The van der Waals surface area contributed by atoms with Crippen LogP contribution < -0.4 is 5.73 Å². The minimum atomic E-state index is -0.186. The fraction of sp³-hybridized carbons (Fsp3) is 0.900. The molecule has 0 heterocycles. The monoisotopic (exact) mass is 169 g/mol. The van der Waals surface area contributed by atoms with Crippen molar-refractivity contribution in [3.63, 3.8) is 0 Å². The van der Waals surface area contributed by atoms with E-state index in [9.17, 15) is 4.79 Å². The molecule has 0 spiro atoms. The summed E-state index contributed by atoms with van der Waals surface area (Å²) in [6.07, 6.45) is 2.92. The van der Waals surface area contributed by atoms with Gasteiger partial charge in [-0.2, -0.15) is 0 Å². The lowest BCUT2D eigenvalue weighted by Crippen LogP contribution is -2.28. The number of nitrogens with two attached hydrogens (primary N) is 1. The van der Waals surface area contributed by atoms with Crippen molar-refractivity contribution in [2.45, 2.75) is 46.1 Å². The van der Waals surface area contributed by atoms with Crippen LogP contribution in [0.25, 0.3) is 0 Å². The molecule has 0 aromatic rings. The minimum absolute atomic E-state index is 0.186. The highest BCUT2D eigenvalue weighted by molar-refractivity contribution is 5.86. The number of ketones is 1. The minimum Gasteiger partial charge on any atom is -0.328 e. The van der Waals surface area contributed by atoms with Crippen LogP contribution in [0.3, 0.4) is 0 Å². The third-order valence-electron chi connectivity index (χ3n) is 2.58. The van der Waals surface area contributed by atoms with Crippen molar-refractivity contribution in [3.05, 3.63) is 0 Å². The van der Waals surface area contributed by atoms with Crippen LogP contribution in [0.5, 0.6) is 0 Å². The quantitative estimate of drug-likeness (QED) is 0.649. The van der Waals surface area contributed by atoms with Crippen molar-refractivity contribution < 1.29 is 4.79 Å². The largest absolute Gasteiger partial charge is 0.328 e. The third-order valence-corrected chi connectivity index (χ3v) is 2.58. The molecule has 0 amide bonds. The van der Waals surface area contributed by atoms with Gasteiger partial charge in [0.2, 0.25) is 0 Å². The zero-order valence-electron chi connectivity index (χ0n) is 8.26. The Bertz CT molecular complexity index is 181. The van der Waals surface area contributed by atoms with E-state index in [1.807, 2.05) is 20.8 Å². The molecular formula is C10H19NO. The van der Waals surface area contributed by atoms with Gasteiger partial charge in [-0.3, -0.25) is 4.79 Å². The molecule has 1 saturated carbocycles. The van der Waals surface area contributed by atoms with Gasteiger partial charge in [0.1, 0.15) is 5.78 Å². The Labute approximate surface area is 74.5 Å². The summed E-state index contributed by atoms with van der Waals surface area (Å²) >= 11 is 0. The number of carbonyl (C=O) groups is 1. The maximum atomic E-state index is 11.8. The molecule has 0 aromatic carbocycles. The lowest BCUT2D eigenvalue weighted by Gasteiger charge is -2.21. The molecule has 1 aliphatic rings. The molecular weight excluding hydrogens is 150 g/mol. The van der Waals surface area contributed by atoms with Gasteiger partial charge >= 0.3 is 0 Å². The van der Waals surface area contributed by atoms with Crippen LogP contribution >= 0.6 is 0 Å². The van der Waals surface area contributed by atoms with Crippen molar-refractivity contribution in [1.29, 1.82) is 0 Å². The van der Waals surface area contributed by atoms with E-state index in [0.29, 0.717) is 5.78 Å². The van der Waals surface area contributed by atoms with Crippen LogP contribution in [0.15, 0.2) is 0 Å². The summed E-state index contributed by atoms with van der Waals surface area (Å²) in [5, 5.41) is 0. The second kappa shape index (κ2) is 3.17. The van der Waals surface area contributed by atoms with Gasteiger partial charge in [-0.25, -0.2) is 0 Å². The average Bonchev–Trinajstić information content (AvgIpc) is 2.32. The summed E-state index contributed by atoms with van der Waals surface area (Å²) < 4.78 is 0. The molecule has 1 fully saturated rings. The van der Waals surface area contributed by atoms with Crippen molar-refractivity contribution in [1.82, 2.24) is 0 Å². The number of Topliss-reactive ketones (excluding diaryl/α,β-unsaturated/α-hetero) is 1. The number of carbonyl (C=O) groups excluding carboxylic acids is 1. The molecule has 70 valence electrons. The lowest BCUT2D eigenvalue weighted by molar-refractivity contribution is -0.130. The summed E-state index contributed by atoms with van der Waals surface area (Å²) in [5.74, 6) is 0.621. The van der Waals surface area contributed by atoms with Crippen molar-refractivity contribution in [2.24, 2.45) is 17.1 Å². The number of hydrogen-bond acceptors (Lipinski definition) is 2. The van der Waals surface area contributed by atoms with E-state index in [1.165, 1.54) is 0 Å². The average molecular weight is 169 g/mol. The smallest absolute Gasteiger partial charge is 0.141 e. The third kappa shape index (κ3) is 2.07. The van der Waals surface area contributed by atoms with Gasteiger partial charge < -0.3 is 5.73 Å². The van der Waals surface area contributed by atoms with Crippen LogP contribution in [-0.4, -0.2) is 11.8 Å². The van der Waals surface area contributed by atoms with Crippen LogP contribution in [0, 0.1) is 11.3 Å². The fourth-order valence-electron chi connectivity index (χ4n) is 1.87. The second-order valence-corrected chi connectivity index (χ2v) is 4.88. The highest BCUT2D eigenvalue weighted by Crippen LogP contribution is 2.31. The van der Waals surface area contributed by atoms with Gasteiger partial charge in [0, 0.05) is 17.4 Å². The van der Waals surface area contributed by atoms with Gasteiger partial charge in [0.15, 0.2) is 0 Å². The Morgan fingerprint density at radius 3 is 2.25 bits per heavy atom. The molecule has 12 heavy (non-hydrogen) atoms. The number of hydrogen-bond donors (Lipinski definition) is 1. The first kappa shape index (κ1) is 9.72. The number of rotatable bonds is 1. The van der Waals surface area contributed by atoms with E-state index in [2.05, 4.69) is 0 Å². The van der Waals surface area contributed by atoms with E-state index in [0.717, 1.165) is 19.3 Å². The van der Waals surface area contributed by atoms with Gasteiger partial charge in [0.25, 0.3) is 0 Å². The predicted octanol–water partition coefficient (Wildman–Crippen LogP) is 1.73. The Hall–Kier alpha value is -0.370. The molecule has 0 saturated heterocycles. The molecule has 2 atom stereocenters. The summed E-state index contributed by atoms with van der Waals surface area (Å²) in [6, 6.07) is 0.265. The summed E-state index contributed by atoms with van der Waals surface area (Å²) in [4.78, 5) is 11.8. The topological polar surface area (TPSA) is 43.1 Å². The molecule has 0 aliphatic heterocycles. The van der Waals surface area contributed by atoms with E-state index in [1.54, 1.807) is 0 Å². The zero-order chi connectivity index (χ0) is 9.35. The zero-order valence-corrected chi connectivity index (χ0v) is 8.26. The van der Waals surface area contributed by atoms with E-state index < -0.39 is 0 Å². The van der Waals surface area contributed by atoms with Gasteiger partial charge in [0.05, 0.1) is 0 Å². The van der Waals surface area contributed by atoms with E-state index >= 15 is 0 Å². The Balaban J connectivity index is 2.55. The fourth-order valence-corrected chi connectivity index (χ4v) is 1.87. The first-order chi connectivity index (χ1) is 5.41. The molecule has 2 heteroatoms. The standard InChI is InChI=1S/C10H19NO/c1-10(2,3)9(12)7-4-5-8(11)6-7/h7-8H,4-6,11H2,1-3H3. The second-order valence-electron chi connectivity index (χ2n) is 4.88. The Kier molecular flexibility index (Phi) is 2.57.